The maximum absolute atomic E-state index is 4.87. The second kappa shape index (κ2) is 33.1. The van der Waals surface area contributed by atoms with Gasteiger partial charge in [0.25, 0.3) is 28.2 Å². The van der Waals surface area contributed by atoms with E-state index < -0.39 is 0 Å². The molecule has 0 N–H and O–H groups in total. The minimum atomic E-state index is 0.505. The first-order chi connectivity index (χ1) is 66.4. The van der Waals surface area contributed by atoms with E-state index in [1.54, 1.807) is 0 Å². The minimum Gasteiger partial charge on any atom is -0.255 e. The first-order valence-electron chi connectivity index (χ1n) is 49.4. The molecule has 0 bridgehead atoms. The van der Waals surface area contributed by atoms with Crippen LogP contribution in [0.5, 0.6) is 0 Å². The maximum atomic E-state index is 4.87. The molecule has 15 nitrogen and oxygen atoms in total. The van der Waals surface area contributed by atoms with Crippen molar-refractivity contribution < 1.29 is 22.7 Å². The highest BCUT2D eigenvalue weighted by Gasteiger charge is 2.35. The normalized spacial score (nSPS) is 14.2. The highest BCUT2D eigenvalue weighted by molar-refractivity contribution is 6.17. The van der Waals surface area contributed by atoms with E-state index in [2.05, 4.69) is 385 Å². The van der Waals surface area contributed by atoms with Crippen molar-refractivity contribution in [3.63, 3.8) is 0 Å². The molecule has 15 heterocycles. The summed E-state index contributed by atoms with van der Waals surface area (Å²) in [6.45, 7) is 19.9. The smallest absolute Gasteiger partial charge is 0.255 e. The van der Waals surface area contributed by atoms with Crippen LogP contribution >= 0.6 is 0 Å². The third kappa shape index (κ3) is 13.1. The molecule has 25 aromatic rings. The fraction of sp³-hybridized carbons (Fsp3) is 0.256. The summed E-state index contributed by atoms with van der Waals surface area (Å²) in [5.41, 5.74) is 44.1. The number of hydrogen-bond donors (Lipinski definition) is 0. The molecule has 0 spiro atoms. The Morgan fingerprint density at radius 3 is 1.13 bits per heavy atom. The van der Waals surface area contributed by atoms with E-state index in [9.17, 15) is 0 Å². The van der Waals surface area contributed by atoms with Gasteiger partial charge in [-0.05, 0) is 298 Å². The van der Waals surface area contributed by atoms with E-state index in [1.165, 1.54) is 298 Å². The first kappa shape index (κ1) is 84.3. The Bertz CT molecular complexity index is 9210. The molecule has 3 saturated carbocycles. The average molecular weight is 1780 g/mol. The lowest BCUT2D eigenvalue weighted by molar-refractivity contribution is -0.617. The number of pyridine rings is 10. The van der Waals surface area contributed by atoms with Gasteiger partial charge >= 0.3 is 0 Å². The van der Waals surface area contributed by atoms with E-state index in [0.29, 0.717) is 29.6 Å². The van der Waals surface area contributed by atoms with Gasteiger partial charge in [-0.3, -0.25) is 24.9 Å². The number of para-hydroxylation sites is 9. The summed E-state index contributed by atoms with van der Waals surface area (Å²) in [7, 11) is 10.9. The molecule has 3 aliphatic carbocycles. The number of aromatic nitrogens is 15. The largest absolute Gasteiger partial charge is 0.297 e. The quantitative estimate of drug-likeness (QED) is 0.126. The van der Waals surface area contributed by atoms with Crippen LogP contribution in [-0.2, 0) is 35.2 Å². The van der Waals surface area contributed by atoms with Crippen molar-refractivity contribution in [3.8, 4) is 0 Å². The molecule has 670 valence electrons. The van der Waals surface area contributed by atoms with Gasteiger partial charge in [-0.15, -0.1) is 0 Å². The highest BCUT2D eigenvalue weighted by Crippen LogP contribution is 2.45. The van der Waals surface area contributed by atoms with Gasteiger partial charge in [0.1, 0.15) is 27.6 Å². The van der Waals surface area contributed by atoms with E-state index in [4.69, 9.17) is 24.9 Å². The Labute approximate surface area is 790 Å². The summed E-state index contributed by atoms with van der Waals surface area (Å²) in [5.74, 6) is 3.08. The molecule has 0 radical (unpaired) electrons. The number of hydrogen-bond acceptors (Lipinski definition) is 5. The summed E-state index contributed by atoms with van der Waals surface area (Å²) in [5, 5.41) is 12.4. The average Bonchev–Trinajstić information content (AvgIpc) is 1.52. The lowest BCUT2D eigenvalue weighted by atomic mass is 9.93. The predicted molar refractivity (Wildman–Crippen MR) is 560 cm³/mol. The minimum absolute atomic E-state index is 0.505. The van der Waals surface area contributed by atoms with E-state index in [0.717, 1.165) is 27.6 Å². The Morgan fingerprint density at radius 1 is 0.272 bits per heavy atom. The van der Waals surface area contributed by atoms with Crippen LogP contribution in [0.4, 0.5) is 0 Å². The zero-order valence-electron chi connectivity index (χ0n) is 80.6. The zero-order chi connectivity index (χ0) is 92.5. The fourth-order valence-electron chi connectivity index (χ4n) is 24.4. The van der Waals surface area contributed by atoms with Gasteiger partial charge < -0.3 is 0 Å². The van der Waals surface area contributed by atoms with Crippen LogP contribution < -0.4 is 22.7 Å². The molecule has 0 aliphatic heterocycles. The number of aryl methyl sites for hydroxylation is 10. The lowest BCUT2D eigenvalue weighted by Gasteiger charge is -2.14. The number of benzene rings is 10. The number of rotatable bonds is 5. The van der Waals surface area contributed by atoms with E-state index in [-0.39, 0.29) is 0 Å². The van der Waals surface area contributed by atoms with Gasteiger partial charge in [-0.1, -0.05) is 163 Å². The predicted octanol–water partition coefficient (Wildman–Crippen LogP) is 26.9. The van der Waals surface area contributed by atoms with Crippen molar-refractivity contribution in [2.24, 2.45) is 35.2 Å². The number of nitrogens with zero attached hydrogens (tertiary/aromatic N) is 15. The van der Waals surface area contributed by atoms with Gasteiger partial charge in [0.05, 0.1) is 89.8 Å². The Balaban J connectivity index is 0.0000000930. The summed E-state index contributed by atoms with van der Waals surface area (Å²) < 4.78 is 23.8. The summed E-state index contributed by atoms with van der Waals surface area (Å²) in [6, 6.07) is 88.7. The van der Waals surface area contributed by atoms with Crippen molar-refractivity contribution >= 4 is 192 Å². The fourth-order valence-corrected chi connectivity index (χ4v) is 24.4. The molecule has 0 atom stereocenters. The molecular weight excluding hydrogens is 1660 g/mol. The van der Waals surface area contributed by atoms with Crippen LogP contribution in [0.3, 0.4) is 0 Å². The van der Waals surface area contributed by atoms with E-state index >= 15 is 0 Å². The van der Waals surface area contributed by atoms with Gasteiger partial charge in [0.15, 0.2) is 55.2 Å². The Hall–Kier alpha value is -14.7. The van der Waals surface area contributed by atoms with Crippen molar-refractivity contribution in [2.75, 3.05) is 0 Å². The molecule has 3 fully saturated rings. The molecule has 10 aromatic carbocycles. The standard InChI is InChI=1S/3C25H24N3.2C23H22N3/c1-16-14-15-26-23-19-11-7-10-18(17-8-3-4-9-17)24(19)28-21-13-6-5-12-20(21)27(2)25(28)22(16)23;1-16-13-14-26-24-19-15-18(17-7-3-4-8-17)11-12-20(19)28-22-10-6-5-9-21(22)27(2)25(28)23(16)24;1-16-13-14-26-24-19-12-11-18(17-7-3-4-8-17)15-22(19)28-21-10-6-5-9-20(21)27(2)25(28)23(16)24;1-14(2)16-9-10-19-20(13-16)25(4)23-21-15(3)11-12-24-22(21)17-7-5-6-8-18(17)26(19)23;1-14(2)16-9-10-19-20(13-16)26-18-8-6-5-7-17(18)22-21(23(26)25(19)4)15(3)11-12-24-22/h5-7,10-15,17H,3-4,8-9H2,1-2H3;2*5-6,9-15,17H,3-4,7-8H2,1-2H3;2*5-14H,1-4H3/q5*+1. The molecule has 15 heteroatoms. The van der Waals surface area contributed by atoms with Gasteiger partial charge in [0, 0.05) is 63.5 Å². The maximum Gasteiger partial charge on any atom is 0.297 e. The van der Waals surface area contributed by atoms with E-state index in [1.807, 2.05) is 31.0 Å². The second-order valence-electron chi connectivity index (χ2n) is 39.9. The molecule has 136 heavy (non-hydrogen) atoms. The Kier molecular flexibility index (Phi) is 20.5. The van der Waals surface area contributed by atoms with Gasteiger partial charge in [-0.25, -0.2) is 22.8 Å². The van der Waals surface area contributed by atoms with Crippen molar-refractivity contribution in [3.05, 3.63) is 329 Å². The third-order valence-corrected chi connectivity index (χ3v) is 31.4. The topological polar surface area (TPSA) is 107 Å². The number of fused-ring (bicyclic) bond motifs is 40. The number of imidazole rings is 5. The molecule has 3 aliphatic rings. The van der Waals surface area contributed by atoms with Crippen LogP contribution in [0.25, 0.3) is 192 Å². The zero-order valence-corrected chi connectivity index (χ0v) is 80.6. The van der Waals surface area contributed by atoms with Crippen LogP contribution in [-0.4, -0.2) is 47.1 Å². The summed E-state index contributed by atoms with van der Waals surface area (Å²) in [6.07, 6.45) is 25.7. The van der Waals surface area contributed by atoms with Crippen molar-refractivity contribution in [2.45, 2.75) is 169 Å². The van der Waals surface area contributed by atoms with Crippen LogP contribution in [0.1, 0.15) is 190 Å². The van der Waals surface area contributed by atoms with Gasteiger partial charge in [0.2, 0.25) is 0 Å². The Morgan fingerprint density at radius 2 is 0.625 bits per heavy atom. The molecular formula is C121H116N15+5. The molecule has 15 aromatic heterocycles. The van der Waals surface area contributed by atoms with Crippen LogP contribution in [0.2, 0.25) is 0 Å². The summed E-state index contributed by atoms with van der Waals surface area (Å²) in [4.78, 5) is 24.1. The van der Waals surface area contributed by atoms with Crippen LogP contribution in [0, 0.1) is 34.6 Å². The summed E-state index contributed by atoms with van der Waals surface area (Å²) >= 11 is 0. The van der Waals surface area contributed by atoms with Crippen molar-refractivity contribution in [1.82, 2.24) is 47.1 Å². The van der Waals surface area contributed by atoms with Crippen molar-refractivity contribution in [1.29, 1.82) is 0 Å². The third-order valence-electron chi connectivity index (χ3n) is 31.4. The molecule has 28 rings (SSSR count). The van der Waals surface area contributed by atoms with Crippen LogP contribution in [0.15, 0.2) is 274 Å². The molecule has 0 saturated heterocycles. The monoisotopic (exact) mass is 1780 g/mol. The highest BCUT2D eigenvalue weighted by atomic mass is 15.2. The second-order valence-corrected chi connectivity index (χ2v) is 39.9. The molecule has 0 unspecified atom stereocenters. The first-order valence-corrected chi connectivity index (χ1v) is 49.4. The SMILES string of the molecule is Cc1ccnc2c3cc(C4CCCC4)ccc3n3c4ccccc4[n+](C)c3c12.Cc1ccnc2c3ccc(C4CCCC4)cc3n3c4ccccc4[n+](C)c3c12.Cc1ccnc2c3cccc(C4CCCC4)c3n3c4ccccc4[n+](C)c3c12.Cc1ccnc2c3ccccc3[n+]3c4ccc(C(C)C)cc4n(C)c3c12.Cc1ccnc2c3ccccc3n3c4cc(C(C)C)ccc4[n+](C)c3c12. The molecule has 0 amide bonds. The lowest BCUT2D eigenvalue weighted by Crippen LogP contribution is -2.27. The van der Waals surface area contributed by atoms with Gasteiger partial charge in [-0.2, -0.15) is 22.0 Å².